The fourth-order valence-corrected chi connectivity index (χ4v) is 3.32. The fourth-order valence-electron chi connectivity index (χ4n) is 3.32. The standard InChI is InChI=1S/C22H30N2O4/c1-8-24(9-10-26-6)18-13-17(5)23-21(19(18)22(25)27-7)28-20-15(3)11-14(2)12-16(20)4/h11-13H,8-10H2,1-7H3. The average Bonchev–Trinajstić information content (AvgIpc) is 2.64. The minimum Gasteiger partial charge on any atom is -0.465 e. The Kier molecular flexibility index (Phi) is 7.40. The molecule has 0 amide bonds. The topological polar surface area (TPSA) is 60.9 Å². The Labute approximate surface area is 167 Å². The molecule has 0 aliphatic heterocycles. The number of anilines is 1. The number of aromatic nitrogens is 1. The van der Waals surface area contributed by atoms with Crippen LogP contribution in [0.3, 0.4) is 0 Å². The first-order chi connectivity index (χ1) is 13.3. The SMILES string of the molecule is CCN(CCOC)c1cc(C)nc(Oc2c(C)cc(C)cc2C)c1C(=O)OC. The molecule has 28 heavy (non-hydrogen) atoms. The molecule has 0 aliphatic rings. The van der Waals surface area contributed by atoms with Crippen LogP contribution < -0.4 is 9.64 Å². The monoisotopic (exact) mass is 386 g/mol. The lowest BCUT2D eigenvalue weighted by atomic mass is 10.1. The molecule has 6 heteroatoms. The number of rotatable bonds is 8. The lowest BCUT2D eigenvalue weighted by Crippen LogP contribution is -2.29. The molecule has 0 spiro atoms. The van der Waals surface area contributed by atoms with Gasteiger partial charge in [0.05, 0.1) is 19.4 Å². The fraction of sp³-hybridized carbons (Fsp3) is 0.455. The molecular formula is C22H30N2O4. The first-order valence-electron chi connectivity index (χ1n) is 9.41. The second kappa shape index (κ2) is 9.55. The summed E-state index contributed by atoms with van der Waals surface area (Å²) in [5.74, 6) is 0.489. The van der Waals surface area contributed by atoms with Gasteiger partial charge in [0, 0.05) is 25.9 Å². The van der Waals surface area contributed by atoms with E-state index in [4.69, 9.17) is 14.2 Å². The molecule has 0 radical (unpaired) electrons. The number of nitrogens with zero attached hydrogens (tertiary/aromatic N) is 2. The summed E-state index contributed by atoms with van der Waals surface area (Å²) in [7, 11) is 3.02. The van der Waals surface area contributed by atoms with Crippen LogP contribution >= 0.6 is 0 Å². The molecule has 0 unspecified atom stereocenters. The number of methoxy groups -OCH3 is 2. The Balaban J connectivity index is 2.62. The third-order valence-electron chi connectivity index (χ3n) is 4.57. The second-order valence-electron chi connectivity index (χ2n) is 6.86. The van der Waals surface area contributed by atoms with Crippen LogP contribution in [-0.2, 0) is 9.47 Å². The van der Waals surface area contributed by atoms with E-state index in [1.54, 1.807) is 7.11 Å². The Morgan fingerprint density at radius 2 is 1.71 bits per heavy atom. The molecular weight excluding hydrogens is 356 g/mol. The second-order valence-corrected chi connectivity index (χ2v) is 6.86. The van der Waals surface area contributed by atoms with Crippen molar-refractivity contribution in [3.8, 4) is 11.6 Å². The Hall–Kier alpha value is -2.60. The summed E-state index contributed by atoms with van der Waals surface area (Å²) in [5, 5.41) is 0. The molecule has 6 nitrogen and oxygen atoms in total. The minimum atomic E-state index is -0.476. The normalized spacial score (nSPS) is 10.7. The van der Waals surface area contributed by atoms with E-state index in [2.05, 4.69) is 9.88 Å². The summed E-state index contributed by atoms with van der Waals surface area (Å²) in [6.07, 6.45) is 0. The van der Waals surface area contributed by atoms with Gasteiger partial charge in [-0.3, -0.25) is 0 Å². The van der Waals surface area contributed by atoms with Crippen LogP contribution in [-0.4, -0.2) is 44.9 Å². The van der Waals surface area contributed by atoms with E-state index in [1.165, 1.54) is 7.11 Å². The van der Waals surface area contributed by atoms with Gasteiger partial charge in [0.15, 0.2) is 0 Å². The molecule has 0 N–H and O–H groups in total. The van der Waals surface area contributed by atoms with Crippen LogP contribution in [0.2, 0.25) is 0 Å². The van der Waals surface area contributed by atoms with Crippen molar-refractivity contribution >= 4 is 11.7 Å². The number of carbonyl (C=O) groups excluding carboxylic acids is 1. The smallest absolute Gasteiger partial charge is 0.345 e. The van der Waals surface area contributed by atoms with Crippen LogP contribution in [0, 0.1) is 27.7 Å². The minimum absolute atomic E-state index is 0.257. The van der Waals surface area contributed by atoms with E-state index in [0.717, 1.165) is 28.1 Å². The molecule has 2 aromatic rings. The van der Waals surface area contributed by atoms with Gasteiger partial charge in [-0.05, 0) is 51.8 Å². The maximum Gasteiger partial charge on any atom is 0.345 e. The van der Waals surface area contributed by atoms with Gasteiger partial charge in [0.1, 0.15) is 11.3 Å². The highest BCUT2D eigenvalue weighted by atomic mass is 16.5. The number of pyridine rings is 1. The molecule has 1 aromatic carbocycles. The molecule has 0 fully saturated rings. The third kappa shape index (κ3) is 4.81. The summed E-state index contributed by atoms with van der Waals surface area (Å²) in [4.78, 5) is 19.3. The quantitative estimate of drug-likeness (QED) is 0.628. The molecule has 2 rings (SSSR count). The molecule has 0 aliphatic carbocycles. The summed E-state index contributed by atoms with van der Waals surface area (Å²) in [6, 6.07) is 5.98. The van der Waals surface area contributed by atoms with Crippen molar-refractivity contribution in [2.45, 2.75) is 34.6 Å². The Morgan fingerprint density at radius 3 is 2.25 bits per heavy atom. The highest BCUT2D eigenvalue weighted by molar-refractivity contribution is 5.98. The predicted octanol–water partition coefficient (Wildman–Crippen LogP) is 4.37. The lowest BCUT2D eigenvalue weighted by Gasteiger charge is -2.26. The highest BCUT2D eigenvalue weighted by Gasteiger charge is 2.25. The third-order valence-corrected chi connectivity index (χ3v) is 4.57. The molecule has 0 bridgehead atoms. The zero-order valence-electron chi connectivity index (χ0n) is 17.9. The van der Waals surface area contributed by atoms with E-state index >= 15 is 0 Å². The molecule has 152 valence electrons. The predicted molar refractivity (Wildman–Crippen MR) is 111 cm³/mol. The van der Waals surface area contributed by atoms with Gasteiger partial charge in [-0.25, -0.2) is 9.78 Å². The number of hydrogen-bond acceptors (Lipinski definition) is 6. The first-order valence-corrected chi connectivity index (χ1v) is 9.41. The maximum absolute atomic E-state index is 12.7. The van der Waals surface area contributed by atoms with Gasteiger partial charge < -0.3 is 19.1 Å². The first kappa shape index (κ1) is 21.7. The van der Waals surface area contributed by atoms with Gasteiger partial charge in [0.2, 0.25) is 5.88 Å². The van der Waals surface area contributed by atoms with Gasteiger partial charge in [0.25, 0.3) is 0 Å². The highest BCUT2D eigenvalue weighted by Crippen LogP contribution is 2.35. The lowest BCUT2D eigenvalue weighted by molar-refractivity contribution is 0.0597. The van der Waals surface area contributed by atoms with E-state index in [-0.39, 0.29) is 5.88 Å². The van der Waals surface area contributed by atoms with Crippen LogP contribution in [0.15, 0.2) is 18.2 Å². The van der Waals surface area contributed by atoms with Crippen molar-refractivity contribution in [2.75, 3.05) is 38.8 Å². The van der Waals surface area contributed by atoms with E-state index in [0.29, 0.717) is 31.0 Å². The van der Waals surface area contributed by atoms with E-state index < -0.39 is 5.97 Å². The van der Waals surface area contributed by atoms with Crippen molar-refractivity contribution in [2.24, 2.45) is 0 Å². The average molecular weight is 386 g/mol. The summed E-state index contributed by atoms with van der Waals surface area (Å²) in [6.45, 7) is 11.8. The van der Waals surface area contributed by atoms with E-state index in [9.17, 15) is 4.79 Å². The van der Waals surface area contributed by atoms with Crippen LogP contribution in [0.4, 0.5) is 5.69 Å². The Bertz CT molecular complexity index is 826. The van der Waals surface area contributed by atoms with Crippen molar-refractivity contribution in [1.29, 1.82) is 0 Å². The van der Waals surface area contributed by atoms with Crippen molar-refractivity contribution < 1.29 is 19.0 Å². The van der Waals surface area contributed by atoms with Crippen molar-refractivity contribution in [3.63, 3.8) is 0 Å². The van der Waals surface area contributed by atoms with Gasteiger partial charge in [-0.1, -0.05) is 17.7 Å². The summed E-state index contributed by atoms with van der Waals surface area (Å²) >= 11 is 0. The van der Waals surface area contributed by atoms with Crippen LogP contribution in [0.5, 0.6) is 11.6 Å². The number of aryl methyl sites for hydroxylation is 4. The van der Waals surface area contributed by atoms with Gasteiger partial charge >= 0.3 is 5.97 Å². The number of ether oxygens (including phenoxy) is 3. The molecule has 1 aromatic heterocycles. The molecule has 0 atom stereocenters. The summed E-state index contributed by atoms with van der Waals surface area (Å²) < 4.78 is 16.5. The zero-order valence-corrected chi connectivity index (χ0v) is 17.9. The number of carbonyl (C=O) groups is 1. The zero-order chi connectivity index (χ0) is 20.8. The largest absolute Gasteiger partial charge is 0.465 e. The maximum atomic E-state index is 12.7. The van der Waals surface area contributed by atoms with Crippen LogP contribution in [0.25, 0.3) is 0 Å². The Morgan fingerprint density at radius 1 is 1.07 bits per heavy atom. The van der Waals surface area contributed by atoms with Crippen molar-refractivity contribution in [1.82, 2.24) is 4.98 Å². The summed E-state index contributed by atoms with van der Waals surface area (Å²) in [5.41, 5.74) is 4.96. The van der Waals surface area contributed by atoms with Crippen LogP contribution in [0.1, 0.15) is 39.7 Å². The van der Waals surface area contributed by atoms with Gasteiger partial charge in [-0.15, -0.1) is 0 Å². The molecule has 0 saturated carbocycles. The van der Waals surface area contributed by atoms with Crippen molar-refractivity contribution in [3.05, 3.63) is 46.1 Å². The number of hydrogen-bond donors (Lipinski definition) is 0. The number of likely N-dealkylation sites (N-methyl/N-ethyl adjacent to an activating group) is 1. The van der Waals surface area contributed by atoms with Gasteiger partial charge in [-0.2, -0.15) is 0 Å². The number of benzene rings is 1. The molecule has 1 heterocycles. The molecule has 0 saturated heterocycles. The van der Waals surface area contributed by atoms with E-state index in [1.807, 2.05) is 52.8 Å². The number of esters is 1.